The standard InChI is InChI=1S/C9H17I2/c1-8-4-3-7-10-11(8)9(2)5-6-9/h8H,3-7H2,1-2H3/q-1. The summed E-state index contributed by atoms with van der Waals surface area (Å²) in [6.07, 6.45) is 6.41. The molecule has 0 N–H and O–H groups in total. The van der Waals surface area contributed by atoms with Crippen LogP contribution in [-0.4, -0.2) is 11.8 Å². The maximum atomic E-state index is 2.60. The van der Waals surface area contributed by atoms with Crippen LogP contribution in [0.3, 0.4) is 0 Å². The van der Waals surface area contributed by atoms with Gasteiger partial charge in [-0.2, -0.15) is 0 Å². The van der Waals surface area contributed by atoms with Crippen LogP contribution in [0.5, 0.6) is 0 Å². The average Bonchev–Trinajstić information content (AvgIpc) is 2.70. The number of halogens is 2. The first kappa shape index (κ1) is 9.03. The summed E-state index contributed by atoms with van der Waals surface area (Å²) in [5.41, 5.74) is 0. The summed E-state index contributed by atoms with van der Waals surface area (Å²) >= 11 is 0.374. The van der Waals surface area contributed by atoms with Crippen LogP contribution in [-0.2, 0) is 0 Å². The summed E-state index contributed by atoms with van der Waals surface area (Å²) < 4.78 is 3.91. The van der Waals surface area contributed by atoms with Gasteiger partial charge in [-0.15, -0.1) is 0 Å². The van der Waals surface area contributed by atoms with Crippen molar-refractivity contribution >= 4 is 15.8 Å². The van der Waals surface area contributed by atoms with Crippen LogP contribution in [0.4, 0.5) is 0 Å². The normalized spacial score (nSPS) is 39.5. The van der Waals surface area contributed by atoms with Gasteiger partial charge < -0.3 is 0 Å². The van der Waals surface area contributed by atoms with Crippen molar-refractivity contribution in [2.75, 3.05) is 4.43 Å². The fourth-order valence-corrected chi connectivity index (χ4v) is 26.6. The Hall–Kier alpha value is 1.46. The molecule has 0 bridgehead atoms. The molecule has 1 aliphatic carbocycles. The van der Waals surface area contributed by atoms with Crippen molar-refractivity contribution in [2.24, 2.45) is 0 Å². The zero-order chi connectivity index (χ0) is 7.90. The summed E-state index contributed by atoms with van der Waals surface area (Å²) in [6.45, 7) is 5.16. The van der Waals surface area contributed by atoms with E-state index in [2.05, 4.69) is 13.8 Å². The molecule has 2 heteroatoms. The Morgan fingerprint density at radius 1 is 1.45 bits per heavy atom. The summed E-state index contributed by atoms with van der Waals surface area (Å²) in [5, 5.41) is 0. The topological polar surface area (TPSA) is 0 Å². The van der Waals surface area contributed by atoms with Crippen LogP contribution in [0.2, 0.25) is 0 Å². The predicted octanol–water partition coefficient (Wildman–Crippen LogP) is 0.232. The van der Waals surface area contributed by atoms with Crippen LogP contribution in [0.15, 0.2) is 0 Å². The number of hydrogen-bond acceptors (Lipinski definition) is 0. The molecule has 2 fully saturated rings. The Bertz CT molecular complexity index is 152. The molecule has 1 unspecified atom stereocenters. The second kappa shape index (κ2) is 3.31. The van der Waals surface area contributed by atoms with Crippen molar-refractivity contribution in [1.82, 2.24) is 0 Å². The molecule has 0 radical (unpaired) electrons. The molecule has 1 heterocycles. The van der Waals surface area contributed by atoms with E-state index in [0.717, 1.165) is 20.7 Å². The molecule has 2 aliphatic rings. The van der Waals surface area contributed by atoms with E-state index in [1.165, 1.54) is 3.92 Å². The molecule has 1 saturated carbocycles. The van der Waals surface area contributed by atoms with Crippen molar-refractivity contribution in [3.63, 3.8) is 0 Å². The van der Waals surface area contributed by atoms with E-state index in [4.69, 9.17) is 0 Å². The van der Waals surface area contributed by atoms with Gasteiger partial charge in [-0.1, -0.05) is 0 Å². The molecule has 0 spiro atoms. The molecular formula is C9H17I2-. The van der Waals surface area contributed by atoms with Gasteiger partial charge in [-0.05, 0) is 0 Å². The minimum absolute atomic E-state index is 0.364. The quantitative estimate of drug-likeness (QED) is 0.452. The molecule has 0 aromatic rings. The molecule has 0 aromatic carbocycles. The van der Waals surface area contributed by atoms with E-state index in [1.807, 2.05) is 0 Å². The van der Waals surface area contributed by atoms with Gasteiger partial charge in [0.15, 0.2) is 0 Å². The second-order valence-electron chi connectivity index (χ2n) is 3.89. The van der Waals surface area contributed by atoms with Crippen molar-refractivity contribution < 1.29 is 17.2 Å². The van der Waals surface area contributed by atoms with Crippen LogP contribution < -0.4 is 17.2 Å². The van der Waals surface area contributed by atoms with Gasteiger partial charge in [0.1, 0.15) is 0 Å². The van der Waals surface area contributed by atoms with Crippen molar-refractivity contribution in [2.45, 2.75) is 46.9 Å². The van der Waals surface area contributed by atoms with Gasteiger partial charge >= 0.3 is 84.4 Å². The zero-order valence-electron chi connectivity index (χ0n) is 7.37. The Morgan fingerprint density at radius 3 is 2.73 bits per heavy atom. The van der Waals surface area contributed by atoms with Crippen LogP contribution in [0, 0.1) is 0 Å². The molecule has 2 rings (SSSR count). The van der Waals surface area contributed by atoms with Gasteiger partial charge in [-0.3, -0.25) is 0 Å². The van der Waals surface area contributed by atoms with Crippen molar-refractivity contribution in [1.29, 1.82) is 0 Å². The van der Waals surface area contributed by atoms with Crippen LogP contribution >= 0.6 is 15.8 Å². The maximum absolute atomic E-state index is 2.60. The monoisotopic (exact) mass is 379 g/mol. The third-order valence-electron chi connectivity index (χ3n) is 2.62. The second-order valence-corrected chi connectivity index (χ2v) is 21.5. The SMILES string of the molecule is CC1CCC[I-]I1C1(C)CC1. The summed E-state index contributed by atoms with van der Waals surface area (Å²) in [6, 6.07) is 0. The Labute approximate surface area is 83.6 Å². The molecule has 1 atom stereocenters. The van der Waals surface area contributed by atoms with E-state index in [9.17, 15) is 0 Å². The first-order chi connectivity index (χ1) is 5.22. The number of hydrogen-bond donors (Lipinski definition) is 0. The molecule has 68 valence electrons. The summed E-state index contributed by atoms with van der Waals surface area (Å²) in [7, 11) is 0. The summed E-state index contributed by atoms with van der Waals surface area (Å²) in [4.78, 5) is 0. The molecular weight excluding hydrogens is 362 g/mol. The van der Waals surface area contributed by atoms with Gasteiger partial charge in [0.25, 0.3) is 0 Å². The van der Waals surface area contributed by atoms with E-state index in [1.54, 1.807) is 30.1 Å². The van der Waals surface area contributed by atoms with E-state index >= 15 is 0 Å². The van der Waals surface area contributed by atoms with Gasteiger partial charge in [0, 0.05) is 0 Å². The Balaban J connectivity index is 1.99. The van der Waals surface area contributed by atoms with Gasteiger partial charge in [0.2, 0.25) is 0 Å². The van der Waals surface area contributed by atoms with Gasteiger partial charge in [-0.25, -0.2) is 0 Å². The molecule has 1 saturated heterocycles. The molecule has 0 amide bonds. The van der Waals surface area contributed by atoms with Crippen LogP contribution in [0.25, 0.3) is 0 Å². The number of rotatable bonds is 1. The van der Waals surface area contributed by atoms with Crippen LogP contribution in [0.1, 0.15) is 39.5 Å². The molecule has 11 heavy (non-hydrogen) atoms. The van der Waals surface area contributed by atoms with E-state index in [-0.39, 0.29) is 15.8 Å². The first-order valence-corrected chi connectivity index (χ1v) is 14.6. The summed E-state index contributed by atoms with van der Waals surface area (Å²) in [5.74, 6) is 0. The van der Waals surface area contributed by atoms with E-state index in [0.29, 0.717) is 0 Å². The zero-order valence-corrected chi connectivity index (χ0v) is 11.7. The molecule has 0 nitrogen and oxygen atoms in total. The third kappa shape index (κ3) is 1.86. The minimum atomic E-state index is -0.364. The fraction of sp³-hybridized carbons (Fsp3) is 1.00. The molecule has 1 aliphatic heterocycles. The molecule has 0 aromatic heterocycles. The first-order valence-electron chi connectivity index (χ1n) is 4.51. The predicted molar refractivity (Wildman–Crippen MR) is 55.2 cm³/mol. The van der Waals surface area contributed by atoms with Crippen molar-refractivity contribution in [3.05, 3.63) is 0 Å². The fourth-order valence-electron chi connectivity index (χ4n) is 1.61. The van der Waals surface area contributed by atoms with Crippen molar-refractivity contribution in [3.8, 4) is 0 Å². The average molecular weight is 379 g/mol. The van der Waals surface area contributed by atoms with Gasteiger partial charge in [0.05, 0.1) is 0 Å². The Kier molecular flexibility index (Phi) is 2.72. The Morgan fingerprint density at radius 2 is 2.18 bits per heavy atom. The number of alkyl halides is 3. The third-order valence-corrected chi connectivity index (χ3v) is 29.4. The van der Waals surface area contributed by atoms with E-state index < -0.39 is 0 Å².